The van der Waals surface area contributed by atoms with Crippen LogP contribution in [0.25, 0.3) is 11.0 Å². The van der Waals surface area contributed by atoms with Crippen molar-refractivity contribution in [1.82, 2.24) is 20.5 Å². The number of ether oxygens (including phenoxy) is 1. The first-order valence-corrected chi connectivity index (χ1v) is 9.10. The van der Waals surface area contributed by atoms with Gasteiger partial charge in [0.05, 0.1) is 28.7 Å². The Morgan fingerprint density at radius 3 is 2.93 bits per heavy atom. The number of amides is 2. The number of hydrogen-bond donors (Lipinski definition) is 2. The molecule has 2 aromatic heterocycles. The topological polar surface area (TPSA) is 100 Å². The molecule has 144 valence electrons. The lowest BCUT2D eigenvalue weighted by Gasteiger charge is -2.21. The van der Waals surface area contributed by atoms with Crippen LogP contribution < -0.4 is 15.0 Å². The molecule has 0 spiro atoms. The molecular weight excluding hydrogens is 358 g/mol. The summed E-state index contributed by atoms with van der Waals surface area (Å²) in [7, 11) is 1.67. The van der Waals surface area contributed by atoms with E-state index in [4.69, 9.17) is 4.74 Å². The third kappa shape index (κ3) is 3.06. The second-order valence-electron chi connectivity index (χ2n) is 7.08. The predicted molar refractivity (Wildman–Crippen MR) is 105 cm³/mol. The molecule has 2 amide bonds. The Balaban J connectivity index is 1.63. The minimum absolute atomic E-state index is 0.0352. The van der Waals surface area contributed by atoms with E-state index in [1.165, 1.54) is 4.90 Å². The number of anilines is 1. The molecule has 2 N–H and O–H groups in total. The molecule has 0 radical (unpaired) electrons. The number of hydrogen-bond acceptors (Lipinski definition) is 5. The van der Waals surface area contributed by atoms with Crippen molar-refractivity contribution in [2.75, 3.05) is 18.6 Å². The van der Waals surface area contributed by atoms with Gasteiger partial charge in [0.15, 0.2) is 0 Å². The van der Waals surface area contributed by atoms with Crippen molar-refractivity contribution < 1.29 is 14.3 Å². The van der Waals surface area contributed by atoms with Gasteiger partial charge in [-0.05, 0) is 24.1 Å². The summed E-state index contributed by atoms with van der Waals surface area (Å²) in [5.74, 6) is 0.0422. The Hall–Kier alpha value is -3.42. The van der Waals surface area contributed by atoms with Crippen molar-refractivity contribution >= 4 is 28.5 Å². The lowest BCUT2D eigenvalue weighted by atomic mass is 10.0. The van der Waals surface area contributed by atoms with Gasteiger partial charge in [0.25, 0.3) is 11.8 Å². The third-order valence-electron chi connectivity index (χ3n) is 4.81. The maximum atomic E-state index is 13.0. The normalized spacial score (nSPS) is 16.6. The number of rotatable bonds is 3. The smallest absolute Gasteiger partial charge is 0.253 e. The summed E-state index contributed by atoms with van der Waals surface area (Å²) in [6.07, 6.45) is 1.62. The molecule has 0 saturated carbocycles. The lowest BCUT2D eigenvalue weighted by molar-refractivity contribution is -0.120. The average molecular weight is 379 g/mol. The maximum Gasteiger partial charge on any atom is 0.253 e. The number of likely N-dealkylation sites (N-methyl/N-ethyl adjacent to an activating group) is 1. The maximum absolute atomic E-state index is 13.0. The molecule has 0 aliphatic carbocycles. The molecule has 1 aliphatic heterocycles. The Morgan fingerprint density at radius 2 is 2.14 bits per heavy atom. The SMILES string of the molecule is CC(C)c1nc2cn[nH]c2cc1C(=O)N[C@H]1COc2ccccc2N(C)C1=O. The van der Waals surface area contributed by atoms with Crippen LogP contribution in [0.15, 0.2) is 36.5 Å². The number of benzene rings is 1. The standard InChI is InChI=1S/C20H21N5O3/c1-11(2)18-12(8-13-14(22-18)9-21-24-13)19(26)23-15-10-28-17-7-5-4-6-16(17)25(3)20(15)27/h4-9,11,15H,10H2,1-3H3,(H,21,24)(H,23,26)/t15-/m0/s1. The van der Waals surface area contributed by atoms with Gasteiger partial charge in [-0.3, -0.25) is 14.7 Å². The Labute approximate surface area is 161 Å². The highest BCUT2D eigenvalue weighted by Crippen LogP contribution is 2.30. The van der Waals surface area contributed by atoms with E-state index >= 15 is 0 Å². The average Bonchev–Trinajstić information content (AvgIpc) is 3.12. The van der Waals surface area contributed by atoms with Gasteiger partial charge < -0.3 is 15.0 Å². The molecule has 8 nitrogen and oxygen atoms in total. The van der Waals surface area contributed by atoms with Crippen molar-refractivity contribution in [2.45, 2.75) is 25.8 Å². The van der Waals surface area contributed by atoms with Crippen molar-refractivity contribution in [1.29, 1.82) is 0 Å². The van der Waals surface area contributed by atoms with Crippen molar-refractivity contribution in [3.05, 3.63) is 47.8 Å². The molecule has 0 fully saturated rings. The fourth-order valence-corrected chi connectivity index (χ4v) is 3.31. The van der Waals surface area contributed by atoms with Crippen LogP contribution in [0.5, 0.6) is 5.75 Å². The Morgan fingerprint density at radius 1 is 1.36 bits per heavy atom. The first-order valence-electron chi connectivity index (χ1n) is 9.10. The summed E-state index contributed by atoms with van der Waals surface area (Å²) in [4.78, 5) is 32.0. The number of aromatic nitrogens is 3. The highest BCUT2D eigenvalue weighted by Gasteiger charge is 2.31. The van der Waals surface area contributed by atoms with Crippen LogP contribution in [-0.2, 0) is 4.79 Å². The summed E-state index contributed by atoms with van der Waals surface area (Å²) in [5, 5.41) is 9.62. The molecule has 1 aliphatic rings. The van der Waals surface area contributed by atoms with Crippen LogP contribution in [0.3, 0.4) is 0 Å². The van der Waals surface area contributed by atoms with Crippen LogP contribution in [0.1, 0.15) is 35.8 Å². The fraction of sp³-hybridized carbons (Fsp3) is 0.300. The Bertz CT molecular complexity index is 1060. The molecule has 4 rings (SSSR count). The highest BCUT2D eigenvalue weighted by molar-refractivity contribution is 6.04. The van der Waals surface area contributed by atoms with Crippen molar-refractivity contribution in [3.63, 3.8) is 0 Å². The van der Waals surface area contributed by atoms with Gasteiger partial charge in [-0.1, -0.05) is 26.0 Å². The van der Waals surface area contributed by atoms with Gasteiger partial charge in [0, 0.05) is 7.05 Å². The zero-order valence-electron chi connectivity index (χ0n) is 15.9. The first-order chi connectivity index (χ1) is 13.5. The quantitative estimate of drug-likeness (QED) is 0.727. The van der Waals surface area contributed by atoms with Crippen LogP contribution in [0.2, 0.25) is 0 Å². The molecule has 28 heavy (non-hydrogen) atoms. The number of para-hydroxylation sites is 2. The number of fused-ring (bicyclic) bond motifs is 2. The van der Waals surface area contributed by atoms with E-state index < -0.39 is 6.04 Å². The number of aromatic amines is 1. The number of H-pyrrole nitrogens is 1. The first kappa shape index (κ1) is 18.0. The summed E-state index contributed by atoms with van der Waals surface area (Å²) in [6, 6.07) is 8.21. The zero-order chi connectivity index (χ0) is 19.8. The summed E-state index contributed by atoms with van der Waals surface area (Å²) in [5.41, 5.74) is 3.12. The van der Waals surface area contributed by atoms with E-state index in [1.54, 1.807) is 25.4 Å². The Kier molecular flexibility index (Phi) is 4.46. The zero-order valence-corrected chi connectivity index (χ0v) is 15.9. The number of pyridine rings is 1. The molecule has 8 heteroatoms. The molecule has 3 aromatic rings. The molecule has 0 bridgehead atoms. The van der Waals surface area contributed by atoms with E-state index in [2.05, 4.69) is 20.5 Å². The lowest BCUT2D eigenvalue weighted by Crippen LogP contribution is -2.49. The predicted octanol–water partition coefficient (Wildman–Crippen LogP) is 2.24. The molecule has 0 saturated heterocycles. The van der Waals surface area contributed by atoms with Crippen molar-refractivity contribution in [3.8, 4) is 5.75 Å². The fourth-order valence-electron chi connectivity index (χ4n) is 3.31. The molecule has 3 heterocycles. The van der Waals surface area contributed by atoms with Gasteiger partial charge in [-0.15, -0.1) is 0 Å². The molecule has 0 unspecified atom stereocenters. The van der Waals surface area contributed by atoms with Crippen molar-refractivity contribution in [2.24, 2.45) is 0 Å². The minimum Gasteiger partial charge on any atom is -0.489 e. The molecular formula is C20H21N5O3. The monoisotopic (exact) mass is 379 g/mol. The largest absolute Gasteiger partial charge is 0.489 e. The number of nitrogens with one attached hydrogen (secondary N) is 2. The third-order valence-corrected chi connectivity index (χ3v) is 4.81. The second-order valence-corrected chi connectivity index (χ2v) is 7.08. The summed E-state index contributed by atoms with van der Waals surface area (Å²) in [6.45, 7) is 3.99. The number of nitrogens with zero attached hydrogens (tertiary/aromatic N) is 3. The van der Waals surface area contributed by atoms with E-state index in [1.807, 2.05) is 32.0 Å². The van der Waals surface area contributed by atoms with Gasteiger partial charge >= 0.3 is 0 Å². The van der Waals surface area contributed by atoms with Gasteiger partial charge in [0.2, 0.25) is 0 Å². The van der Waals surface area contributed by atoms with Gasteiger partial charge in [-0.25, -0.2) is 4.98 Å². The van der Waals surface area contributed by atoms with Gasteiger partial charge in [0.1, 0.15) is 23.9 Å². The van der Waals surface area contributed by atoms with Crippen LogP contribution in [0.4, 0.5) is 5.69 Å². The van der Waals surface area contributed by atoms with E-state index in [0.717, 1.165) is 0 Å². The summed E-state index contributed by atoms with van der Waals surface area (Å²) >= 11 is 0. The second kappa shape index (κ2) is 6.95. The van der Waals surface area contributed by atoms with Crippen LogP contribution >= 0.6 is 0 Å². The van der Waals surface area contributed by atoms with Crippen LogP contribution in [0, 0.1) is 0 Å². The minimum atomic E-state index is -0.803. The van der Waals surface area contributed by atoms with Crippen LogP contribution in [-0.4, -0.2) is 46.7 Å². The molecule has 1 atom stereocenters. The van der Waals surface area contributed by atoms with Gasteiger partial charge in [-0.2, -0.15) is 5.10 Å². The number of carbonyl (C=O) groups excluding carboxylic acids is 2. The molecule has 1 aromatic carbocycles. The highest BCUT2D eigenvalue weighted by atomic mass is 16.5. The number of carbonyl (C=O) groups is 2. The van der Waals surface area contributed by atoms with E-state index in [0.29, 0.717) is 33.7 Å². The summed E-state index contributed by atoms with van der Waals surface area (Å²) < 4.78 is 5.77. The van der Waals surface area contributed by atoms with E-state index in [9.17, 15) is 9.59 Å². The van der Waals surface area contributed by atoms with E-state index in [-0.39, 0.29) is 24.3 Å².